The fourth-order valence-electron chi connectivity index (χ4n) is 1.51. The molecule has 0 radical (unpaired) electrons. The molecule has 6 nitrogen and oxygen atoms in total. The summed E-state index contributed by atoms with van der Waals surface area (Å²) in [5, 5.41) is 15.4. The van der Waals surface area contributed by atoms with Gasteiger partial charge in [-0.1, -0.05) is 46.3 Å². The molecule has 1 heterocycles. The first kappa shape index (κ1) is 18.3. The largest absolute Gasteiger partial charge is 0.383 e. The fraction of sp³-hybridized carbons (Fsp3) is 0.308. The molecule has 10 heteroatoms. The van der Waals surface area contributed by atoms with Crippen LogP contribution in [0.5, 0.6) is 0 Å². The normalized spacial score (nSPS) is 10.6. The predicted octanol–water partition coefficient (Wildman–Crippen LogP) is 3.63. The van der Waals surface area contributed by atoms with Crippen LogP contribution in [0.25, 0.3) is 0 Å². The van der Waals surface area contributed by atoms with Crippen molar-refractivity contribution in [2.45, 2.75) is 4.34 Å². The van der Waals surface area contributed by atoms with E-state index in [-0.39, 0.29) is 11.7 Å². The number of carbonyl (C=O) groups excluding carboxylic acids is 1. The van der Waals surface area contributed by atoms with Gasteiger partial charge in [-0.05, 0) is 18.2 Å². The van der Waals surface area contributed by atoms with Crippen LogP contribution in [0.2, 0.25) is 10.0 Å². The number of rotatable bonds is 8. The number of ether oxygens (including phenoxy) is 1. The van der Waals surface area contributed by atoms with E-state index in [1.54, 1.807) is 25.3 Å². The zero-order valence-electron chi connectivity index (χ0n) is 12.1. The molecule has 0 bridgehead atoms. The molecule has 1 aromatic carbocycles. The highest BCUT2D eigenvalue weighted by atomic mass is 35.5. The van der Waals surface area contributed by atoms with Crippen molar-refractivity contribution in [2.24, 2.45) is 0 Å². The molecule has 0 aliphatic rings. The molecule has 2 aromatic rings. The third kappa shape index (κ3) is 6.15. The number of halogens is 2. The van der Waals surface area contributed by atoms with Gasteiger partial charge in [-0.25, -0.2) is 0 Å². The monoisotopic (exact) mass is 392 g/mol. The van der Waals surface area contributed by atoms with E-state index in [0.717, 1.165) is 0 Å². The molecule has 23 heavy (non-hydrogen) atoms. The highest BCUT2D eigenvalue weighted by Crippen LogP contribution is 2.27. The number of anilines is 2. The zero-order valence-corrected chi connectivity index (χ0v) is 15.3. The summed E-state index contributed by atoms with van der Waals surface area (Å²) in [5.41, 5.74) is 0.490. The summed E-state index contributed by atoms with van der Waals surface area (Å²) in [6, 6.07) is 4.90. The van der Waals surface area contributed by atoms with E-state index in [1.807, 2.05) is 0 Å². The Balaban J connectivity index is 1.81. The lowest BCUT2D eigenvalue weighted by molar-refractivity contribution is -0.113. The minimum absolute atomic E-state index is 0.191. The quantitative estimate of drug-likeness (QED) is 0.527. The van der Waals surface area contributed by atoms with Crippen molar-refractivity contribution >= 4 is 63.0 Å². The van der Waals surface area contributed by atoms with Crippen molar-refractivity contribution in [3.8, 4) is 0 Å². The van der Waals surface area contributed by atoms with Crippen molar-refractivity contribution in [1.29, 1.82) is 0 Å². The molecule has 2 N–H and O–H groups in total. The van der Waals surface area contributed by atoms with Crippen LogP contribution < -0.4 is 10.6 Å². The molecule has 0 atom stereocenters. The number of hydrogen-bond acceptors (Lipinski definition) is 7. The summed E-state index contributed by atoms with van der Waals surface area (Å²) in [4.78, 5) is 12.0. The van der Waals surface area contributed by atoms with Crippen LogP contribution in [-0.2, 0) is 9.53 Å². The zero-order chi connectivity index (χ0) is 16.7. The SMILES string of the molecule is COCCNc1nnc(SCC(=O)Nc2cc(Cl)ccc2Cl)s1. The van der Waals surface area contributed by atoms with Crippen LogP contribution >= 0.6 is 46.3 Å². The summed E-state index contributed by atoms with van der Waals surface area (Å²) in [7, 11) is 1.63. The molecule has 0 aliphatic carbocycles. The number of benzene rings is 1. The van der Waals surface area contributed by atoms with E-state index in [4.69, 9.17) is 27.9 Å². The van der Waals surface area contributed by atoms with Gasteiger partial charge in [0, 0.05) is 18.7 Å². The van der Waals surface area contributed by atoms with Crippen molar-refractivity contribution in [2.75, 3.05) is 36.6 Å². The van der Waals surface area contributed by atoms with E-state index in [9.17, 15) is 4.79 Å². The van der Waals surface area contributed by atoms with Crippen LogP contribution in [0, 0.1) is 0 Å². The van der Waals surface area contributed by atoms with Crippen LogP contribution in [0.3, 0.4) is 0 Å². The number of nitrogens with zero attached hydrogens (tertiary/aromatic N) is 2. The Morgan fingerprint density at radius 3 is 3.00 bits per heavy atom. The minimum Gasteiger partial charge on any atom is -0.383 e. The fourth-order valence-corrected chi connectivity index (χ4v) is 3.42. The van der Waals surface area contributed by atoms with E-state index < -0.39 is 0 Å². The molecule has 0 fully saturated rings. The van der Waals surface area contributed by atoms with Crippen molar-refractivity contribution in [1.82, 2.24) is 10.2 Å². The number of aromatic nitrogens is 2. The Bertz CT molecular complexity index is 669. The van der Waals surface area contributed by atoms with Gasteiger partial charge in [0.1, 0.15) is 0 Å². The molecular formula is C13H14Cl2N4O2S2. The van der Waals surface area contributed by atoms with Crippen molar-refractivity contribution < 1.29 is 9.53 Å². The molecule has 0 saturated heterocycles. The molecule has 0 aliphatic heterocycles. The van der Waals surface area contributed by atoms with Gasteiger partial charge in [0.2, 0.25) is 11.0 Å². The average Bonchev–Trinajstić information content (AvgIpc) is 2.97. The van der Waals surface area contributed by atoms with Crippen molar-refractivity contribution in [3.63, 3.8) is 0 Å². The van der Waals surface area contributed by atoms with Gasteiger partial charge in [0.25, 0.3) is 0 Å². The van der Waals surface area contributed by atoms with E-state index >= 15 is 0 Å². The standard InChI is InChI=1S/C13H14Cl2N4O2S2/c1-21-5-4-16-12-18-19-13(23-12)22-7-11(20)17-10-6-8(14)2-3-9(10)15/h2-3,6H,4-5,7H2,1H3,(H,16,18)(H,17,20). The number of nitrogens with one attached hydrogen (secondary N) is 2. The van der Waals surface area contributed by atoms with Crippen LogP contribution in [0.15, 0.2) is 22.5 Å². The van der Waals surface area contributed by atoms with E-state index in [2.05, 4.69) is 20.8 Å². The summed E-state index contributed by atoms with van der Waals surface area (Å²) in [5.74, 6) is 0.0125. The number of amides is 1. The summed E-state index contributed by atoms with van der Waals surface area (Å²) in [6.45, 7) is 1.24. The smallest absolute Gasteiger partial charge is 0.234 e. The third-order valence-corrected chi connectivity index (χ3v) is 5.10. The Morgan fingerprint density at radius 2 is 2.22 bits per heavy atom. The number of hydrogen-bond donors (Lipinski definition) is 2. The molecule has 0 saturated carbocycles. The van der Waals surface area contributed by atoms with E-state index in [0.29, 0.717) is 38.4 Å². The summed E-state index contributed by atoms with van der Waals surface area (Å²) < 4.78 is 5.65. The molecule has 2 rings (SSSR count). The second-order valence-electron chi connectivity index (χ2n) is 4.25. The van der Waals surface area contributed by atoms with Crippen LogP contribution in [0.1, 0.15) is 0 Å². The molecule has 1 amide bonds. The Labute approximate surface area is 151 Å². The molecule has 1 aromatic heterocycles. The summed E-state index contributed by atoms with van der Waals surface area (Å²) in [6.07, 6.45) is 0. The molecular weight excluding hydrogens is 379 g/mol. The van der Waals surface area contributed by atoms with Gasteiger partial charge in [-0.3, -0.25) is 4.79 Å². The van der Waals surface area contributed by atoms with Gasteiger partial charge < -0.3 is 15.4 Å². The molecule has 0 spiro atoms. The average molecular weight is 393 g/mol. The third-order valence-electron chi connectivity index (χ3n) is 2.52. The molecule has 0 unspecified atom stereocenters. The number of carbonyl (C=O) groups is 1. The van der Waals surface area contributed by atoms with E-state index in [1.165, 1.54) is 23.1 Å². The maximum absolute atomic E-state index is 12.0. The maximum atomic E-state index is 12.0. The Morgan fingerprint density at radius 1 is 1.39 bits per heavy atom. The van der Waals surface area contributed by atoms with Gasteiger partial charge in [-0.15, -0.1) is 10.2 Å². The number of methoxy groups -OCH3 is 1. The van der Waals surface area contributed by atoms with Crippen LogP contribution in [-0.4, -0.2) is 42.1 Å². The lowest BCUT2D eigenvalue weighted by Gasteiger charge is -2.06. The highest BCUT2D eigenvalue weighted by Gasteiger charge is 2.10. The Hall–Kier alpha value is -1.06. The molecule has 124 valence electrons. The topological polar surface area (TPSA) is 76.1 Å². The van der Waals surface area contributed by atoms with Crippen molar-refractivity contribution in [3.05, 3.63) is 28.2 Å². The first-order chi connectivity index (χ1) is 11.1. The first-order valence-electron chi connectivity index (χ1n) is 6.52. The van der Waals surface area contributed by atoms with Gasteiger partial charge in [-0.2, -0.15) is 0 Å². The minimum atomic E-state index is -0.191. The predicted molar refractivity (Wildman–Crippen MR) is 96.1 cm³/mol. The van der Waals surface area contributed by atoms with Gasteiger partial charge >= 0.3 is 0 Å². The second kappa shape index (κ2) is 9.29. The highest BCUT2D eigenvalue weighted by molar-refractivity contribution is 8.01. The van der Waals surface area contributed by atoms with Gasteiger partial charge in [0.05, 0.1) is 23.1 Å². The second-order valence-corrected chi connectivity index (χ2v) is 7.30. The van der Waals surface area contributed by atoms with Gasteiger partial charge in [0.15, 0.2) is 4.34 Å². The number of thioether (sulfide) groups is 1. The lowest BCUT2D eigenvalue weighted by atomic mass is 10.3. The maximum Gasteiger partial charge on any atom is 0.234 e. The summed E-state index contributed by atoms with van der Waals surface area (Å²) >= 11 is 14.6. The lowest BCUT2D eigenvalue weighted by Crippen LogP contribution is -2.14. The first-order valence-corrected chi connectivity index (χ1v) is 9.08. The Kier molecular flexibility index (Phi) is 7.38. The van der Waals surface area contributed by atoms with Crippen LogP contribution in [0.4, 0.5) is 10.8 Å².